The number of carbonyl (C=O) groups is 1. The third-order valence-electron chi connectivity index (χ3n) is 3.99. The molecule has 0 unspecified atom stereocenters. The summed E-state index contributed by atoms with van der Waals surface area (Å²) in [6.07, 6.45) is 2.11. The molecule has 1 amide bonds. The average Bonchev–Trinajstić information content (AvgIpc) is 2.68. The molecule has 1 aliphatic rings. The minimum Gasteiger partial charge on any atom is -0.486 e. The van der Waals surface area contributed by atoms with Crippen molar-refractivity contribution in [2.24, 2.45) is 0 Å². The van der Waals surface area contributed by atoms with Crippen LogP contribution in [0.2, 0.25) is 0 Å². The lowest BCUT2D eigenvalue weighted by Gasteiger charge is -2.18. The first-order valence-corrected chi connectivity index (χ1v) is 9.43. The van der Waals surface area contributed by atoms with Crippen LogP contribution in [0.3, 0.4) is 0 Å². The van der Waals surface area contributed by atoms with Gasteiger partial charge in [-0.1, -0.05) is 18.2 Å². The summed E-state index contributed by atoms with van der Waals surface area (Å²) in [5, 5.41) is 3.92. The number of anilines is 1. The molecule has 1 aliphatic heterocycles. The predicted octanol–water partition coefficient (Wildman–Crippen LogP) is 4.13. The number of fused-ring (bicyclic) bond motifs is 2. The van der Waals surface area contributed by atoms with Crippen LogP contribution in [0.4, 0.5) is 5.69 Å². The van der Waals surface area contributed by atoms with Gasteiger partial charge in [0.2, 0.25) is 5.91 Å². The topological polar surface area (TPSA) is 60.5 Å². The Labute approximate surface area is 155 Å². The second-order valence-electron chi connectivity index (χ2n) is 5.87. The summed E-state index contributed by atoms with van der Waals surface area (Å²) < 4.78 is 11.1. The van der Waals surface area contributed by atoms with Gasteiger partial charge in [0.1, 0.15) is 13.2 Å². The minimum atomic E-state index is -0.0212. The fourth-order valence-corrected chi connectivity index (χ4v) is 3.62. The SMILES string of the molecule is O=C(CCSc1ccc2c(c1)OCCO2)Nc1cnc2ccccc2c1. The van der Waals surface area contributed by atoms with Crippen molar-refractivity contribution in [2.75, 3.05) is 24.3 Å². The molecule has 26 heavy (non-hydrogen) atoms. The maximum atomic E-state index is 12.2. The van der Waals surface area contributed by atoms with Crippen molar-refractivity contribution >= 4 is 34.3 Å². The van der Waals surface area contributed by atoms with Crippen LogP contribution >= 0.6 is 11.8 Å². The van der Waals surface area contributed by atoms with E-state index in [1.54, 1.807) is 18.0 Å². The van der Waals surface area contributed by atoms with Crippen molar-refractivity contribution in [3.05, 3.63) is 54.7 Å². The zero-order valence-electron chi connectivity index (χ0n) is 14.1. The van der Waals surface area contributed by atoms with Crippen LogP contribution in [0, 0.1) is 0 Å². The van der Waals surface area contributed by atoms with Crippen LogP contribution in [0.25, 0.3) is 10.9 Å². The fraction of sp³-hybridized carbons (Fsp3) is 0.200. The first-order chi connectivity index (χ1) is 12.8. The van der Waals surface area contributed by atoms with Crippen LogP contribution in [0.5, 0.6) is 11.5 Å². The van der Waals surface area contributed by atoms with E-state index in [4.69, 9.17) is 9.47 Å². The summed E-state index contributed by atoms with van der Waals surface area (Å²) in [6, 6.07) is 15.6. The lowest BCUT2D eigenvalue weighted by molar-refractivity contribution is -0.115. The first kappa shape index (κ1) is 16.7. The van der Waals surface area contributed by atoms with Crippen molar-refractivity contribution in [2.45, 2.75) is 11.3 Å². The van der Waals surface area contributed by atoms with Gasteiger partial charge in [-0.2, -0.15) is 0 Å². The van der Waals surface area contributed by atoms with Gasteiger partial charge in [0.15, 0.2) is 11.5 Å². The van der Waals surface area contributed by atoms with Crippen molar-refractivity contribution in [1.82, 2.24) is 4.98 Å². The number of rotatable bonds is 5. The number of ether oxygens (including phenoxy) is 2. The van der Waals surface area contributed by atoms with E-state index in [1.165, 1.54) is 0 Å². The Balaban J connectivity index is 1.31. The van der Waals surface area contributed by atoms with Gasteiger partial charge in [0.25, 0.3) is 0 Å². The van der Waals surface area contributed by atoms with Gasteiger partial charge in [-0.3, -0.25) is 9.78 Å². The zero-order chi connectivity index (χ0) is 17.8. The molecule has 5 nitrogen and oxygen atoms in total. The molecule has 3 aromatic rings. The summed E-state index contributed by atoms with van der Waals surface area (Å²) in [6.45, 7) is 1.16. The van der Waals surface area contributed by atoms with E-state index in [2.05, 4.69) is 10.3 Å². The van der Waals surface area contributed by atoms with Crippen molar-refractivity contribution < 1.29 is 14.3 Å². The number of hydrogen-bond acceptors (Lipinski definition) is 5. The second kappa shape index (κ2) is 7.66. The van der Waals surface area contributed by atoms with Gasteiger partial charge in [-0.15, -0.1) is 11.8 Å². The number of pyridine rings is 1. The van der Waals surface area contributed by atoms with E-state index in [1.807, 2.05) is 48.5 Å². The highest BCUT2D eigenvalue weighted by molar-refractivity contribution is 7.99. The molecule has 1 N–H and O–H groups in total. The molecule has 0 bridgehead atoms. The lowest BCUT2D eigenvalue weighted by Crippen LogP contribution is -2.15. The highest BCUT2D eigenvalue weighted by Crippen LogP contribution is 2.34. The van der Waals surface area contributed by atoms with Crippen molar-refractivity contribution in [1.29, 1.82) is 0 Å². The van der Waals surface area contributed by atoms with Crippen molar-refractivity contribution in [3.8, 4) is 11.5 Å². The van der Waals surface area contributed by atoms with E-state index >= 15 is 0 Å². The molecule has 2 heterocycles. The van der Waals surface area contributed by atoms with Gasteiger partial charge < -0.3 is 14.8 Å². The quantitative estimate of drug-likeness (QED) is 0.688. The molecule has 0 atom stereocenters. The number of benzene rings is 2. The molecule has 0 saturated carbocycles. The minimum absolute atomic E-state index is 0.0212. The average molecular weight is 366 g/mol. The molecule has 0 radical (unpaired) electrons. The van der Waals surface area contributed by atoms with Gasteiger partial charge >= 0.3 is 0 Å². The fourth-order valence-electron chi connectivity index (χ4n) is 2.74. The lowest BCUT2D eigenvalue weighted by atomic mass is 10.2. The number of carbonyl (C=O) groups excluding carboxylic acids is 1. The van der Waals surface area contributed by atoms with E-state index in [9.17, 15) is 4.79 Å². The van der Waals surface area contributed by atoms with Crippen LogP contribution in [-0.2, 0) is 4.79 Å². The molecule has 0 fully saturated rings. The number of amides is 1. The van der Waals surface area contributed by atoms with Crippen LogP contribution in [-0.4, -0.2) is 29.9 Å². The summed E-state index contributed by atoms with van der Waals surface area (Å²) in [5.74, 6) is 2.22. The van der Waals surface area contributed by atoms with Gasteiger partial charge in [0.05, 0.1) is 17.4 Å². The number of nitrogens with one attached hydrogen (secondary N) is 1. The number of thioether (sulfide) groups is 1. The number of hydrogen-bond donors (Lipinski definition) is 1. The van der Waals surface area contributed by atoms with Crippen LogP contribution in [0.15, 0.2) is 59.6 Å². The third-order valence-corrected chi connectivity index (χ3v) is 4.98. The number of nitrogens with zero attached hydrogens (tertiary/aromatic N) is 1. The molecule has 4 rings (SSSR count). The highest BCUT2D eigenvalue weighted by atomic mass is 32.2. The zero-order valence-corrected chi connectivity index (χ0v) is 14.9. The maximum absolute atomic E-state index is 12.2. The Morgan fingerprint density at radius 1 is 1.08 bits per heavy atom. The Bertz CT molecular complexity index is 945. The molecular weight excluding hydrogens is 348 g/mol. The Hall–Kier alpha value is -2.73. The Morgan fingerprint density at radius 2 is 1.92 bits per heavy atom. The first-order valence-electron chi connectivity index (χ1n) is 8.45. The second-order valence-corrected chi connectivity index (χ2v) is 7.04. The molecule has 0 saturated heterocycles. The van der Waals surface area contributed by atoms with Crippen LogP contribution < -0.4 is 14.8 Å². The Kier molecular flexibility index (Phi) is 4.93. The molecule has 0 aliphatic carbocycles. The molecule has 6 heteroatoms. The molecule has 0 spiro atoms. The van der Waals surface area contributed by atoms with E-state index in [0.29, 0.717) is 25.4 Å². The molecule has 2 aromatic carbocycles. The van der Waals surface area contributed by atoms with Crippen LogP contribution in [0.1, 0.15) is 6.42 Å². The van der Waals surface area contributed by atoms with E-state index in [0.717, 1.165) is 33.0 Å². The third kappa shape index (κ3) is 3.91. The van der Waals surface area contributed by atoms with Crippen molar-refractivity contribution in [3.63, 3.8) is 0 Å². The summed E-state index contributed by atoms with van der Waals surface area (Å²) in [5.41, 5.74) is 1.64. The van der Waals surface area contributed by atoms with Gasteiger partial charge in [-0.05, 0) is 30.3 Å². The summed E-state index contributed by atoms with van der Waals surface area (Å²) >= 11 is 1.62. The summed E-state index contributed by atoms with van der Waals surface area (Å²) in [7, 11) is 0. The molecule has 132 valence electrons. The molecule has 1 aromatic heterocycles. The summed E-state index contributed by atoms with van der Waals surface area (Å²) in [4.78, 5) is 17.6. The van der Waals surface area contributed by atoms with E-state index < -0.39 is 0 Å². The highest BCUT2D eigenvalue weighted by Gasteiger charge is 2.12. The van der Waals surface area contributed by atoms with E-state index in [-0.39, 0.29) is 5.91 Å². The monoisotopic (exact) mass is 366 g/mol. The molecular formula is C20H18N2O3S. The normalized spacial score (nSPS) is 12.8. The standard InChI is InChI=1S/C20H18N2O3S/c23-20(22-15-11-14-3-1-2-4-17(14)21-13-15)7-10-26-16-5-6-18-19(12-16)25-9-8-24-18/h1-6,11-13H,7-10H2,(H,22,23). The maximum Gasteiger partial charge on any atom is 0.225 e. The number of para-hydroxylation sites is 1. The predicted molar refractivity (Wildman–Crippen MR) is 103 cm³/mol. The Morgan fingerprint density at radius 3 is 2.85 bits per heavy atom. The smallest absolute Gasteiger partial charge is 0.225 e. The van der Waals surface area contributed by atoms with Gasteiger partial charge in [0, 0.05) is 22.5 Å². The number of aromatic nitrogens is 1. The largest absolute Gasteiger partial charge is 0.486 e. The van der Waals surface area contributed by atoms with Gasteiger partial charge in [-0.25, -0.2) is 0 Å².